The Kier molecular flexibility index (Phi) is 6.83. The average molecular weight is 329 g/mol. The molecule has 128 valence electrons. The van der Waals surface area contributed by atoms with Crippen LogP contribution in [0.1, 0.15) is 41.6 Å². The fraction of sp³-hybridized carbons (Fsp3) is 0.474. The highest BCUT2D eigenvalue weighted by atomic mass is 16.5. The average Bonchev–Trinajstić information content (AvgIpc) is 2.60. The summed E-state index contributed by atoms with van der Waals surface area (Å²) < 4.78 is 4.86. The minimum absolute atomic E-state index is 0.0133. The number of hydrogen-bond donors (Lipinski definition) is 2. The van der Waals surface area contributed by atoms with Crippen molar-refractivity contribution in [2.75, 3.05) is 20.3 Å². The summed E-state index contributed by atoms with van der Waals surface area (Å²) in [4.78, 5) is 23.5. The quantitative estimate of drug-likeness (QED) is 0.813. The zero-order valence-electron chi connectivity index (χ0n) is 13.9. The molecule has 1 aromatic rings. The molecule has 0 spiro atoms. The molecule has 5 nitrogen and oxygen atoms in total. The van der Waals surface area contributed by atoms with Crippen LogP contribution < -0.4 is 5.32 Å². The van der Waals surface area contributed by atoms with E-state index < -0.39 is 5.97 Å². The lowest BCUT2D eigenvalue weighted by Gasteiger charge is -2.28. The third-order valence-electron chi connectivity index (χ3n) is 4.35. The molecule has 0 bridgehead atoms. The molecule has 1 fully saturated rings. The van der Waals surface area contributed by atoms with Gasteiger partial charge in [0.05, 0.1) is 5.92 Å². The summed E-state index contributed by atoms with van der Waals surface area (Å²) in [6, 6.07) is 7.03. The van der Waals surface area contributed by atoms with E-state index in [2.05, 4.69) is 17.2 Å². The largest absolute Gasteiger partial charge is 0.481 e. The number of ether oxygens (including phenoxy) is 1. The van der Waals surface area contributed by atoms with Gasteiger partial charge in [0.25, 0.3) is 5.91 Å². The van der Waals surface area contributed by atoms with Crippen molar-refractivity contribution in [3.8, 4) is 11.8 Å². The Balaban J connectivity index is 1.90. The molecular formula is C19H23NO4. The highest BCUT2D eigenvalue weighted by Crippen LogP contribution is 2.29. The number of carbonyl (C=O) groups excluding carboxylic acids is 1. The minimum Gasteiger partial charge on any atom is -0.481 e. The van der Waals surface area contributed by atoms with Gasteiger partial charge in [-0.05, 0) is 43.0 Å². The van der Waals surface area contributed by atoms with Gasteiger partial charge in [-0.1, -0.05) is 24.7 Å². The summed E-state index contributed by atoms with van der Waals surface area (Å²) in [6.07, 6.45) is 3.53. The van der Waals surface area contributed by atoms with E-state index in [-0.39, 0.29) is 17.7 Å². The van der Waals surface area contributed by atoms with Crippen LogP contribution >= 0.6 is 0 Å². The van der Waals surface area contributed by atoms with Crippen molar-refractivity contribution >= 4 is 11.9 Å². The second kappa shape index (κ2) is 9.09. The maximum Gasteiger partial charge on any atom is 0.306 e. The zero-order chi connectivity index (χ0) is 17.4. The first-order chi connectivity index (χ1) is 11.6. The van der Waals surface area contributed by atoms with Gasteiger partial charge < -0.3 is 15.2 Å². The van der Waals surface area contributed by atoms with E-state index in [0.29, 0.717) is 25.1 Å². The molecule has 2 unspecified atom stereocenters. The molecule has 0 aliphatic heterocycles. The molecule has 0 aromatic heterocycles. The molecule has 0 heterocycles. The van der Waals surface area contributed by atoms with Crippen LogP contribution in [0, 0.1) is 23.7 Å². The number of carbonyl (C=O) groups is 2. The van der Waals surface area contributed by atoms with Crippen LogP contribution in [0.15, 0.2) is 24.3 Å². The topological polar surface area (TPSA) is 75.6 Å². The van der Waals surface area contributed by atoms with Gasteiger partial charge in [-0.15, -0.1) is 0 Å². The third-order valence-corrected chi connectivity index (χ3v) is 4.35. The summed E-state index contributed by atoms with van der Waals surface area (Å²) in [7, 11) is 1.59. The molecule has 5 heteroatoms. The number of amides is 1. The summed E-state index contributed by atoms with van der Waals surface area (Å²) >= 11 is 0. The molecule has 0 radical (unpaired) electrons. The van der Waals surface area contributed by atoms with Gasteiger partial charge in [-0.2, -0.15) is 0 Å². The molecule has 2 rings (SSSR count). The lowest BCUT2D eigenvalue weighted by atomic mass is 9.79. The third kappa shape index (κ3) is 5.10. The highest BCUT2D eigenvalue weighted by Gasteiger charge is 2.30. The number of benzene rings is 1. The molecule has 1 amide bonds. The standard InChI is InChI=1S/C19H23NO4/c1-24-12-4-5-14-8-10-15(11-9-14)18(21)20-13-16-6-2-3-7-17(16)19(22)23/h8-11,16-17H,2-3,6-7,12-13H2,1H3,(H,20,21)(H,22,23). The van der Waals surface area contributed by atoms with Gasteiger partial charge in [0.1, 0.15) is 6.61 Å². The summed E-state index contributed by atoms with van der Waals surface area (Å²) in [6.45, 7) is 0.777. The Bertz CT molecular complexity index is 627. The van der Waals surface area contributed by atoms with E-state index in [9.17, 15) is 14.7 Å². The summed E-state index contributed by atoms with van der Waals surface area (Å²) in [5.74, 6) is 4.52. The van der Waals surface area contributed by atoms with Gasteiger partial charge in [0, 0.05) is 24.8 Å². The van der Waals surface area contributed by atoms with E-state index in [0.717, 1.165) is 24.8 Å². The van der Waals surface area contributed by atoms with Gasteiger partial charge in [-0.3, -0.25) is 9.59 Å². The lowest BCUT2D eigenvalue weighted by Crippen LogP contribution is -2.37. The molecule has 24 heavy (non-hydrogen) atoms. The first-order valence-electron chi connectivity index (χ1n) is 8.20. The number of carboxylic acid groups (broad SMARTS) is 1. The predicted molar refractivity (Wildman–Crippen MR) is 90.6 cm³/mol. The maximum absolute atomic E-state index is 12.2. The summed E-state index contributed by atoms with van der Waals surface area (Å²) in [5.41, 5.74) is 1.37. The molecule has 1 aliphatic rings. The molecule has 2 N–H and O–H groups in total. The van der Waals surface area contributed by atoms with Gasteiger partial charge >= 0.3 is 5.97 Å². The Hall–Kier alpha value is -2.32. The van der Waals surface area contributed by atoms with E-state index >= 15 is 0 Å². The number of aliphatic carboxylic acids is 1. The van der Waals surface area contributed by atoms with Crippen molar-refractivity contribution in [1.82, 2.24) is 5.32 Å². The lowest BCUT2D eigenvalue weighted by molar-refractivity contribution is -0.144. The summed E-state index contributed by atoms with van der Waals surface area (Å²) in [5, 5.41) is 12.1. The fourth-order valence-electron chi connectivity index (χ4n) is 3.02. The van der Waals surface area contributed by atoms with Crippen LogP contribution in [-0.4, -0.2) is 37.2 Å². The van der Waals surface area contributed by atoms with Gasteiger partial charge in [0.15, 0.2) is 0 Å². The molecule has 1 aliphatic carbocycles. The normalized spacial score (nSPS) is 19.9. The first kappa shape index (κ1) is 18.0. The first-order valence-corrected chi connectivity index (χ1v) is 8.20. The second-order valence-electron chi connectivity index (χ2n) is 6.01. The molecular weight excluding hydrogens is 306 g/mol. The van der Waals surface area contributed by atoms with Crippen molar-refractivity contribution in [1.29, 1.82) is 0 Å². The smallest absolute Gasteiger partial charge is 0.306 e. The van der Waals surface area contributed by atoms with Crippen LogP contribution in [-0.2, 0) is 9.53 Å². The SMILES string of the molecule is COCC#Cc1ccc(C(=O)NCC2CCCCC2C(=O)O)cc1. The molecule has 1 saturated carbocycles. The van der Waals surface area contributed by atoms with Crippen molar-refractivity contribution in [2.45, 2.75) is 25.7 Å². The number of rotatable bonds is 5. The number of hydrogen-bond acceptors (Lipinski definition) is 3. The maximum atomic E-state index is 12.2. The Morgan fingerprint density at radius 1 is 1.25 bits per heavy atom. The Morgan fingerprint density at radius 2 is 1.96 bits per heavy atom. The second-order valence-corrected chi connectivity index (χ2v) is 6.01. The van der Waals surface area contributed by atoms with Crippen molar-refractivity contribution in [3.63, 3.8) is 0 Å². The van der Waals surface area contributed by atoms with E-state index in [4.69, 9.17) is 4.74 Å². The fourth-order valence-corrected chi connectivity index (χ4v) is 3.02. The monoisotopic (exact) mass is 329 g/mol. The van der Waals surface area contributed by atoms with Crippen molar-refractivity contribution in [2.24, 2.45) is 11.8 Å². The zero-order valence-corrected chi connectivity index (χ0v) is 13.9. The van der Waals surface area contributed by atoms with Crippen LogP contribution in [0.25, 0.3) is 0 Å². The number of carboxylic acids is 1. The number of methoxy groups -OCH3 is 1. The van der Waals surface area contributed by atoms with Crippen LogP contribution in [0.2, 0.25) is 0 Å². The Morgan fingerprint density at radius 3 is 2.62 bits per heavy atom. The van der Waals surface area contributed by atoms with Crippen molar-refractivity contribution < 1.29 is 19.4 Å². The van der Waals surface area contributed by atoms with E-state index in [1.165, 1.54) is 0 Å². The van der Waals surface area contributed by atoms with Crippen LogP contribution in [0.4, 0.5) is 0 Å². The van der Waals surface area contributed by atoms with E-state index in [1.54, 1.807) is 31.4 Å². The van der Waals surface area contributed by atoms with Gasteiger partial charge in [-0.25, -0.2) is 0 Å². The molecule has 0 saturated heterocycles. The molecule has 2 atom stereocenters. The highest BCUT2D eigenvalue weighted by molar-refractivity contribution is 5.94. The van der Waals surface area contributed by atoms with Crippen molar-refractivity contribution in [3.05, 3.63) is 35.4 Å². The molecule has 1 aromatic carbocycles. The Labute approximate surface area is 142 Å². The predicted octanol–water partition coefficient (Wildman–Crippen LogP) is 2.31. The van der Waals surface area contributed by atoms with Gasteiger partial charge in [0.2, 0.25) is 0 Å². The van der Waals surface area contributed by atoms with Crippen LogP contribution in [0.5, 0.6) is 0 Å². The van der Waals surface area contributed by atoms with E-state index in [1.807, 2.05) is 0 Å². The van der Waals surface area contributed by atoms with Crippen LogP contribution in [0.3, 0.4) is 0 Å². The minimum atomic E-state index is -0.757. The number of nitrogens with one attached hydrogen (secondary N) is 1.